The van der Waals surface area contributed by atoms with E-state index in [1.165, 1.54) is 0 Å². The summed E-state index contributed by atoms with van der Waals surface area (Å²) in [5.41, 5.74) is 2.06. The number of furan rings is 1. The van der Waals surface area contributed by atoms with E-state index in [-0.39, 0.29) is 5.54 Å². The molecule has 17 heavy (non-hydrogen) atoms. The van der Waals surface area contributed by atoms with Crippen molar-refractivity contribution in [1.29, 1.82) is 0 Å². The van der Waals surface area contributed by atoms with E-state index in [9.17, 15) is 0 Å². The first kappa shape index (κ1) is 11.9. The van der Waals surface area contributed by atoms with E-state index in [0.29, 0.717) is 6.54 Å². The van der Waals surface area contributed by atoms with Crippen LogP contribution in [0.5, 0.6) is 0 Å². The summed E-state index contributed by atoms with van der Waals surface area (Å²) in [5.74, 6) is 0. The summed E-state index contributed by atoms with van der Waals surface area (Å²) in [6.07, 6.45) is 5.38. The number of hydrogen-bond donors (Lipinski definition) is 1. The average Bonchev–Trinajstić information content (AvgIpc) is 2.86. The van der Waals surface area contributed by atoms with Gasteiger partial charge in [0.1, 0.15) is 0 Å². The smallest absolute Gasteiger partial charge is 0.0965 e. The Balaban J connectivity index is 1.85. The second-order valence-corrected chi connectivity index (χ2v) is 5.06. The van der Waals surface area contributed by atoms with Crippen LogP contribution in [0.15, 0.2) is 29.2 Å². The third kappa shape index (κ3) is 3.17. The van der Waals surface area contributed by atoms with Crippen molar-refractivity contribution in [3.05, 3.63) is 36.0 Å². The molecule has 92 valence electrons. The molecular weight excluding hydrogens is 216 g/mol. The quantitative estimate of drug-likeness (QED) is 0.878. The lowest BCUT2D eigenvalue weighted by Gasteiger charge is -2.17. The summed E-state index contributed by atoms with van der Waals surface area (Å²) in [6.45, 7) is 7.79. The number of hydrogen-bond acceptors (Lipinski definition) is 4. The van der Waals surface area contributed by atoms with Gasteiger partial charge >= 0.3 is 0 Å². The Morgan fingerprint density at radius 3 is 2.76 bits per heavy atom. The standard InChI is InChI=1S/C12H18N4O/c1-12(2,3)16-8-11(14-15-16)7-13-6-10-4-5-17-9-10/h4-5,8-9,13H,6-7H2,1-3H3. The molecule has 0 saturated heterocycles. The fourth-order valence-electron chi connectivity index (χ4n) is 1.44. The highest BCUT2D eigenvalue weighted by Gasteiger charge is 2.14. The highest BCUT2D eigenvalue weighted by molar-refractivity contribution is 5.05. The third-order valence-electron chi connectivity index (χ3n) is 2.44. The molecule has 2 heterocycles. The maximum absolute atomic E-state index is 4.99. The fourth-order valence-corrected chi connectivity index (χ4v) is 1.44. The molecule has 0 aliphatic rings. The highest BCUT2D eigenvalue weighted by Crippen LogP contribution is 2.11. The van der Waals surface area contributed by atoms with Crippen molar-refractivity contribution in [3.63, 3.8) is 0 Å². The largest absolute Gasteiger partial charge is 0.472 e. The normalized spacial score (nSPS) is 11.9. The fraction of sp³-hybridized carbons (Fsp3) is 0.500. The number of nitrogens with one attached hydrogen (secondary N) is 1. The van der Waals surface area contributed by atoms with Crippen LogP contribution in [0.25, 0.3) is 0 Å². The van der Waals surface area contributed by atoms with Gasteiger partial charge in [0.15, 0.2) is 0 Å². The molecule has 0 aliphatic carbocycles. The monoisotopic (exact) mass is 234 g/mol. The van der Waals surface area contributed by atoms with Gasteiger partial charge in [-0.2, -0.15) is 0 Å². The van der Waals surface area contributed by atoms with Crippen LogP contribution in [0.4, 0.5) is 0 Å². The zero-order valence-corrected chi connectivity index (χ0v) is 10.5. The number of aromatic nitrogens is 3. The number of nitrogens with zero attached hydrogens (tertiary/aromatic N) is 3. The highest BCUT2D eigenvalue weighted by atomic mass is 16.3. The average molecular weight is 234 g/mol. The molecule has 0 saturated carbocycles. The molecule has 0 amide bonds. The lowest BCUT2D eigenvalue weighted by atomic mass is 10.1. The number of rotatable bonds is 4. The van der Waals surface area contributed by atoms with Crippen molar-refractivity contribution in [2.75, 3.05) is 0 Å². The molecule has 0 unspecified atom stereocenters. The third-order valence-corrected chi connectivity index (χ3v) is 2.44. The van der Waals surface area contributed by atoms with Crippen LogP contribution in [0.1, 0.15) is 32.0 Å². The summed E-state index contributed by atoms with van der Waals surface area (Å²) in [7, 11) is 0. The molecule has 5 heteroatoms. The summed E-state index contributed by atoms with van der Waals surface area (Å²) in [6, 6.07) is 1.94. The van der Waals surface area contributed by atoms with Crippen LogP contribution in [-0.4, -0.2) is 15.0 Å². The predicted octanol–water partition coefficient (Wildman–Crippen LogP) is 1.92. The molecule has 1 N–H and O–H groups in total. The Bertz CT molecular complexity index is 453. The SMILES string of the molecule is CC(C)(C)n1cc(CNCc2ccoc2)nn1. The summed E-state index contributed by atoms with van der Waals surface area (Å²) in [4.78, 5) is 0. The summed E-state index contributed by atoms with van der Waals surface area (Å²) >= 11 is 0. The van der Waals surface area contributed by atoms with Gasteiger partial charge in [0.25, 0.3) is 0 Å². The van der Waals surface area contributed by atoms with Gasteiger partial charge in [-0.25, -0.2) is 4.68 Å². The van der Waals surface area contributed by atoms with Gasteiger partial charge < -0.3 is 9.73 Å². The minimum Gasteiger partial charge on any atom is -0.472 e. The van der Waals surface area contributed by atoms with Crippen LogP contribution >= 0.6 is 0 Å². The Hall–Kier alpha value is -1.62. The second kappa shape index (κ2) is 4.71. The maximum atomic E-state index is 4.99. The van der Waals surface area contributed by atoms with Crippen LogP contribution in [0, 0.1) is 0 Å². The zero-order valence-electron chi connectivity index (χ0n) is 10.5. The van der Waals surface area contributed by atoms with Crippen LogP contribution < -0.4 is 5.32 Å². The Kier molecular flexibility index (Phi) is 3.28. The molecule has 0 atom stereocenters. The summed E-state index contributed by atoms with van der Waals surface area (Å²) < 4.78 is 6.87. The Labute approximate surface area is 101 Å². The predicted molar refractivity (Wildman–Crippen MR) is 64.3 cm³/mol. The van der Waals surface area contributed by atoms with Crippen molar-refractivity contribution in [2.45, 2.75) is 39.4 Å². The van der Waals surface area contributed by atoms with E-state index in [2.05, 4.69) is 36.4 Å². The van der Waals surface area contributed by atoms with E-state index in [1.54, 1.807) is 12.5 Å². The molecular formula is C12H18N4O. The van der Waals surface area contributed by atoms with Crippen LogP contribution in [-0.2, 0) is 18.6 Å². The van der Waals surface area contributed by atoms with Crippen molar-refractivity contribution in [2.24, 2.45) is 0 Å². The topological polar surface area (TPSA) is 55.9 Å². The second-order valence-electron chi connectivity index (χ2n) is 5.06. The van der Waals surface area contributed by atoms with Crippen molar-refractivity contribution >= 4 is 0 Å². The lowest BCUT2D eigenvalue weighted by Crippen LogP contribution is -2.22. The molecule has 2 aromatic heterocycles. The molecule has 2 rings (SSSR count). The van der Waals surface area contributed by atoms with Crippen molar-refractivity contribution in [3.8, 4) is 0 Å². The van der Waals surface area contributed by atoms with Gasteiger partial charge in [0.05, 0.1) is 30.0 Å². The van der Waals surface area contributed by atoms with Gasteiger partial charge in [0.2, 0.25) is 0 Å². The first-order chi connectivity index (χ1) is 8.05. The van der Waals surface area contributed by atoms with Crippen molar-refractivity contribution in [1.82, 2.24) is 20.3 Å². The summed E-state index contributed by atoms with van der Waals surface area (Å²) in [5, 5.41) is 11.5. The maximum Gasteiger partial charge on any atom is 0.0965 e. The Morgan fingerprint density at radius 2 is 2.18 bits per heavy atom. The van der Waals surface area contributed by atoms with Gasteiger partial charge in [-0.1, -0.05) is 5.21 Å². The van der Waals surface area contributed by atoms with E-state index < -0.39 is 0 Å². The molecule has 0 radical (unpaired) electrons. The van der Waals surface area contributed by atoms with Gasteiger partial charge in [-0.05, 0) is 26.8 Å². The Morgan fingerprint density at radius 1 is 1.35 bits per heavy atom. The minimum atomic E-state index is -0.0180. The molecule has 5 nitrogen and oxygen atoms in total. The van der Waals surface area contributed by atoms with E-state index in [1.807, 2.05) is 16.9 Å². The zero-order chi connectivity index (χ0) is 12.3. The van der Waals surface area contributed by atoms with Gasteiger partial charge in [0, 0.05) is 18.7 Å². The molecule has 0 aromatic carbocycles. The van der Waals surface area contributed by atoms with E-state index >= 15 is 0 Å². The van der Waals surface area contributed by atoms with Gasteiger partial charge in [-0.15, -0.1) is 5.10 Å². The van der Waals surface area contributed by atoms with E-state index in [4.69, 9.17) is 4.42 Å². The van der Waals surface area contributed by atoms with Crippen LogP contribution in [0.3, 0.4) is 0 Å². The molecule has 2 aromatic rings. The molecule has 0 bridgehead atoms. The van der Waals surface area contributed by atoms with Crippen molar-refractivity contribution < 1.29 is 4.42 Å². The molecule has 0 spiro atoms. The first-order valence-corrected chi connectivity index (χ1v) is 5.69. The van der Waals surface area contributed by atoms with E-state index in [0.717, 1.165) is 17.8 Å². The van der Waals surface area contributed by atoms with Gasteiger partial charge in [-0.3, -0.25) is 0 Å². The first-order valence-electron chi connectivity index (χ1n) is 5.69. The molecule has 0 fully saturated rings. The molecule has 0 aliphatic heterocycles. The lowest BCUT2D eigenvalue weighted by molar-refractivity contribution is 0.347. The minimum absolute atomic E-state index is 0.0180. The van der Waals surface area contributed by atoms with Crippen LogP contribution in [0.2, 0.25) is 0 Å².